The van der Waals surface area contributed by atoms with E-state index in [2.05, 4.69) is 37.7 Å². The van der Waals surface area contributed by atoms with Crippen molar-refractivity contribution >= 4 is 23.4 Å². The Morgan fingerprint density at radius 1 is 1.11 bits per heavy atom. The Bertz CT molecular complexity index is 1420. The van der Waals surface area contributed by atoms with Gasteiger partial charge in [0, 0.05) is 69.1 Å². The average molecular weight is 515 g/mol. The molecule has 0 radical (unpaired) electrons. The van der Waals surface area contributed by atoms with Crippen molar-refractivity contribution in [3.63, 3.8) is 0 Å². The molecule has 198 valence electrons. The molecule has 1 atom stereocenters. The van der Waals surface area contributed by atoms with Gasteiger partial charge in [0.25, 0.3) is 5.78 Å². The first kappa shape index (κ1) is 25.4. The standard InChI is InChI=1S/C28H34N8O2/c1-19-24(16-21-8-5-4-6-9-21)27(36-28(31-19)29-18-30-36)35-14-11-22(12-15-35)33-26(38)25(32-20(2)37)17-23-10-7-13-34(23)3/h4-10,13,18,22,25H,11-12,14-17H2,1-3H3,(H,32,37)(H,33,38)/t25-/m0/s1. The number of piperidine rings is 1. The lowest BCUT2D eigenvalue weighted by atomic mass is 10.0. The molecule has 0 unspecified atom stereocenters. The molecule has 4 heterocycles. The molecule has 1 aliphatic rings. The van der Waals surface area contributed by atoms with Gasteiger partial charge in [-0.15, -0.1) is 0 Å². The quantitative estimate of drug-likeness (QED) is 0.373. The van der Waals surface area contributed by atoms with Crippen LogP contribution in [0.4, 0.5) is 5.82 Å². The molecule has 2 amide bonds. The van der Waals surface area contributed by atoms with Crippen LogP contribution in [0.15, 0.2) is 55.0 Å². The Kier molecular flexibility index (Phi) is 7.39. The van der Waals surface area contributed by atoms with E-state index in [-0.39, 0.29) is 17.9 Å². The summed E-state index contributed by atoms with van der Waals surface area (Å²) in [6, 6.07) is 13.7. The molecular weight excluding hydrogens is 480 g/mol. The van der Waals surface area contributed by atoms with Gasteiger partial charge in [-0.1, -0.05) is 30.3 Å². The Hall–Kier alpha value is -4.21. The maximum absolute atomic E-state index is 13.2. The summed E-state index contributed by atoms with van der Waals surface area (Å²) in [5.74, 6) is 1.23. The van der Waals surface area contributed by atoms with Gasteiger partial charge in [0.1, 0.15) is 18.2 Å². The number of hydrogen-bond donors (Lipinski definition) is 2. The molecule has 5 rings (SSSR count). The van der Waals surface area contributed by atoms with Crippen molar-refractivity contribution in [1.29, 1.82) is 0 Å². The van der Waals surface area contributed by atoms with Crippen molar-refractivity contribution in [2.45, 2.75) is 51.6 Å². The van der Waals surface area contributed by atoms with E-state index in [1.54, 1.807) is 6.33 Å². The second-order valence-corrected chi connectivity index (χ2v) is 9.97. The van der Waals surface area contributed by atoms with Crippen molar-refractivity contribution < 1.29 is 9.59 Å². The van der Waals surface area contributed by atoms with E-state index in [1.165, 1.54) is 12.5 Å². The lowest BCUT2D eigenvalue weighted by molar-refractivity contribution is -0.128. The zero-order valence-corrected chi connectivity index (χ0v) is 22.1. The molecule has 10 nitrogen and oxygen atoms in total. The van der Waals surface area contributed by atoms with Crippen LogP contribution >= 0.6 is 0 Å². The van der Waals surface area contributed by atoms with Crippen molar-refractivity contribution in [1.82, 2.24) is 34.8 Å². The monoisotopic (exact) mass is 514 g/mol. The van der Waals surface area contributed by atoms with Crippen molar-refractivity contribution in [3.8, 4) is 0 Å². The minimum absolute atomic E-state index is 0.0233. The van der Waals surface area contributed by atoms with E-state index in [1.807, 2.05) is 59.6 Å². The van der Waals surface area contributed by atoms with Gasteiger partial charge in [0.05, 0.1) is 0 Å². The summed E-state index contributed by atoms with van der Waals surface area (Å²) in [5.41, 5.74) is 4.27. The summed E-state index contributed by atoms with van der Waals surface area (Å²) >= 11 is 0. The molecule has 0 bridgehead atoms. The maximum Gasteiger partial charge on any atom is 0.254 e. The van der Waals surface area contributed by atoms with Crippen LogP contribution in [-0.2, 0) is 29.5 Å². The van der Waals surface area contributed by atoms with Gasteiger partial charge in [0.2, 0.25) is 11.8 Å². The fourth-order valence-electron chi connectivity index (χ4n) is 5.21. The van der Waals surface area contributed by atoms with Crippen molar-refractivity contribution in [2.24, 2.45) is 7.05 Å². The van der Waals surface area contributed by atoms with Crippen LogP contribution in [0.5, 0.6) is 0 Å². The van der Waals surface area contributed by atoms with Crippen LogP contribution in [0.2, 0.25) is 0 Å². The summed E-state index contributed by atoms with van der Waals surface area (Å²) in [4.78, 5) is 36.4. The number of nitrogens with zero attached hydrogens (tertiary/aromatic N) is 6. The number of anilines is 1. The number of fused-ring (bicyclic) bond motifs is 1. The van der Waals surface area contributed by atoms with E-state index in [4.69, 9.17) is 4.98 Å². The van der Waals surface area contributed by atoms with Gasteiger partial charge >= 0.3 is 0 Å². The molecule has 10 heteroatoms. The van der Waals surface area contributed by atoms with E-state index < -0.39 is 6.04 Å². The largest absolute Gasteiger partial charge is 0.356 e. The maximum atomic E-state index is 13.2. The summed E-state index contributed by atoms with van der Waals surface area (Å²) in [6.07, 6.45) is 6.23. The van der Waals surface area contributed by atoms with E-state index in [9.17, 15) is 9.59 Å². The van der Waals surface area contributed by atoms with Gasteiger partial charge in [-0.25, -0.2) is 4.98 Å². The molecule has 2 N–H and O–H groups in total. The molecular formula is C28H34N8O2. The summed E-state index contributed by atoms with van der Waals surface area (Å²) in [6.45, 7) is 4.98. The minimum Gasteiger partial charge on any atom is -0.356 e. The van der Waals surface area contributed by atoms with E-state index in [0.717, 1.165) is 55.1 Å². The SMILES string of the molecule is CC(=O)N[C@@H](Cc1cccn1C)C(=O)NC1CCN(c2c(Cc3ccccc3)c(C)nc3ncnn23)CC1. The van der Waals surface area contributed by atoms with Crippen LogP contribution in [-0.4, -0.2) is 61.1 Å². The van der Waals surface area contributed by atoms with Gasteiger partial charge < -0.3 is 20.1 Å². The summed E-state index contributed by atoms with van der Waals surface area (Å²) in [5, 5.41) is 10.5. The number of carbonyl (C=O) groups is 2. The van der Waals surface area contributed by atoms with Gasteiger partial charge in [0.15, 0.2) is 0 Å². The lowest BCUT2D eigenvalue weighted by Crippen LogP contribution is -2.53. The second-order valence-electron chi connectivity index (χ2n) is 9.97. The smallest absolute Gasteiger partial charge is 0.254 e. The first-order valence-electron chi connectivity index (χ1n) is 13.0. The normalized spacial score (nSPS) is 15.0. The van der Waals surface area contributed by atoms with Crippen LogP contribution in [0.25, 0.3) is 5.78 Å². The second kappa shape index (κ2) is 11.0. The topological polar surface area (TPSA) is 109 Å². The van der Waals surface area contributed by atoms with Crippen LogP contribution in [0, 0.1) is 6.92 Å². The molecule has 0 saturated carbocycles. The van der Waals surface area contributed by atoms with Crippen LogP contribution < -0.4 is 15.5 Å². The average Bonchev–Trinajstić information content (AvgIpc) is 3.53. The Balaban J connectivity index is 1.30. The first-order chi connectivity index (χ1) is 18.4. The first-order valence-corrected chi connectivity index (χ1v) is 13.0. The molecule has 38 heavy (non-hydrogen) atoms. The number of aromatic nitrogens is 5. The van der Waals surface area contributed by atoms with Crippen LogP contribution in [0.3, 0.4) is 0 Å². The summed E-state index contributed by atoms with van der Waals surface area (Å²) in [7, 11) is 1.94. The number of benzene rings is 1. The number of aryl methyl sites for hydroxylation is 2. The zero-order valence-electron chi connectivity index (χ0n) is 22.1. The molecule has 1 saturated heterocycles. The molecule has 1 fully saturated rings. The molecule has 4 aromatic rings. The fraction of sp³-hybridized carbons (Fsp3) is 0.393. The molecule has 0 spiro atoms. The summed E-state index contributed by atoms with van der Waals surface area (Å²) < 4.78 is 3.80. The third-order valence-electron chi connectivity index (χ3n) is 7.23. The van der Waals surface area contributed by atoms with Gasteiger partial charge in [-0.05, 0) is 37.5 Å². The van der Waals surface area contributed by atoms with E-state index in [0.29, 0.717) is 12.2 Å². The number of carbonyl (C=O) groups excluding carboxylic acids is 2. The highest BCUT2D eigenvalue weighted by Gasteiger charge is 2.28. The fourth-order valence-corrected chi connectivity index (χ4v) is 5.21. The third kappa shape index (κ3) is 5.53. The van der Waals surface area contributed by atoms with Crippen molar-refractivity contribution in [2.75, 3.05) is 18.0 Å². The zero-order chi connectivity index (χ0) is 26.6. The van der Waals surface area contributed by atoms with Gasteiger partial charge in [-0.3, -0.25) is 9.59 Å². The third-order valence-corrected chi connectivity index (χ3v) is 7.23. The van der Waals surface area contributed by atoms with Crippen LogP contribution in [0.1, 0.15) is 42.3 Å². The number of rotatable bonds is 8. The number of hydrogen-bond acceptors (Lipinski definition) is 6. The van der Waals surface area contributed by atoms with Crippen molar-refractivity contribution in [3.05, 3.63) is 77.5 Å². The Morgan fingerprint density at radius 2 is 1.87 bits per heavy atom. The Morgan fingerprint density at radius 3 is 2.55 bits per heavy atom. The molecule has 0 aliphatic carbocycles. The molecule has 1 aliphatic heterocycles. The van der Waals surface area contributed by atoms with E-state index >= 15 is 0 Å². The number of nitrogens with one attached hydrogen (secondary N) is 2. The van der Waals surface area contributed by atoms with Gasteiger partial charge in [-0.2, -0.15) is 14.6 Å². The highest BCUT2D eigenvalue weighted by molar-refractivity contribution is 5.87. The predicted octanol–water partition coefficient (Wildman–Crippen LogP) is 2.19. The lowest BCUT2D eigenvalue weighted by Gasteiger charge is -2.35. The minimum atomic E-state index is -0.616. The Labute approximate surface area is 222 Å². The molecule has 1 aromatic carbocycles. The molecule has 3 aromatic heterocycles. The predicted molar refractivity (Wildman–Crippen MR) is 145 cm³/mol. The number of amides is 2. The highest BCUT2D eigenvalue weighted by Crippen LogP contribution is 2.28. The highest BCUT2D eigenvalue weighted by atomic mass is 16.2.